The van der Waals surface area contributed by atoms with Crippen LogP contribution in [-0.2, 0) is 0 Å². The van der Waals surface area contributed by atoms with Gasteiger partial charge in [-0.15, -0.1) is 0 Å². The standard InChI is InChI=1S/C9H10BrNO2/c1-5-7(10)4-3-6(8(5)12)9(13)11-2/h3-4,12H,1-2H3,(H,11,13). The highest BCUT2D eigenvalue weighted by molar-refractivity contribution is 9.10. The first-order valence-electron chi connectivity index (χ1n) is 3.78. The predicted octanol–water partition coefficient (Wildman–Crippen LogP) is 1.82. The Hall–Kier alpha value is -1.03. The normalized spacial score (nSPS) is 9.77. The summed E-state index contributed by atoms with van der Waals surface area (Å²) in [4.78, 5) is 11.2. The highest BCUT2D eigenvalue weighted by Gasteiger charge is 2.12. The molecule has 0 saturated heterocycles. The lowest BCUT2D eigenvalue weighted by atomic mass is 10.1. The van der Waals surface area contributed by atoms with Crippen LogP contribution >= 0.6 is 15.9 Å². The highest BCUT2D eigenvalue weighted by atomic mass is 79.9. The molecule has 2 N–H and O–H groups in total. The van der Waals surface area contributed by atoms with E-state index in [0.29, 0.717) is 11.1 Å². The van der Waals surface area contributed by atoms with Crippen LogP contribution in [0, 0.1) is 6.92 Å². The first-order valence-corrected chi connectivity index (χ1v) is 4.57. The molecule has 0 spiro atoms. The van der Waals surface area contributed by atoms with Crippen LogP contribution in [0.15, 0.2) is 16.6 Å². The molecule has 0 aliphatic rings. The molecule has 0 atom stereocenters. The summed E-state index contributed by atoms with van der Waals surface area (Å²) >= 11 is 3.26. The molecule has 0 unspecified atom stereocenters. The number of carbonyl (C=O) groups excluding carboxylic acids is 1. The second kappa shape index (κ2) is 3.79. The third-order valence-electron chi connectivity index (χ3n) is 1.84. The molecule has 0 fully saturated rings. The van der Waals surface area contributed by atoms with Crippen LogP contribution in [0.25, 0.3) is 0 Å². The summed E-state index contributed by atoms with van der Waals surface area (Å²) in [6.07, 6.45) is 0. The molecule has 0 aromatic heterocycles. The van der Waals surface area contributed by atoms with Crippen molar-refractivity contribution in [1.82, 2.24) is 5.32 Å². The van der Waals surface area contributed by atoms with Gasteiger partial charge in [0.15, 0.2) is 0 Å². The molecule has 3 nitrogen and oxygen atoms in total. The molecule has 1 aromatic rings. The molecule has 0 saturated carbocycles. The van der Waals surface area contributed by atoms with Crippen LogP contribution in [0.2, 0.25) is 0 Å². The predicted molar refractivity (Wildman–Crippen MR) is 53.9 cm³/mol. The van der Waals surface area contributed by atoms with Gasteiger partial charge in [-0.2, -0.15) is 0 Å². The maximum Gasteiger partial charge on any atom is 0.254 e. The van der Waals surface area contributed by atoms with Crippen LogP contribution in [0.3, 0.4) is 0 Å². The number of amides is 1. The van der Waals surface area contributed by atoms with Crippen molar-refractivity contribution in [2.75, 3.05) is 7.05 Å². The molecule has 0 heterocycles. The maximum atomic E-state index is 11.2. The topological polar surface area (TPSA) is 49.3 Å². The van der Waals surface area contributed by atoms with E-state index in [9.17, 15) is 9.90 Å². The first kappa shape index (κ1) is 10.1. The average molecular weight is 244 g/mol. The Morgan fingerprint density at radius 3 is 2.69 bits per heavy atom. The summed E-state index contributed by atoms with van der Waals surface area (Å²) in [5, 5.41) is 12.0. The van der Waals surface area contributed by atoms with Gasteiger partial charge in [0.05, 0.1) is 5.56 Å². The maximum absolute atomic E-state index is 11.2. The molecule has 0 radical (unpaired) electrons. The number of halogens is 1. The van der Waals surface area contributed by atoms with Gasteiger partial charge in [0.1, 0.15) is 5.75 Å². The van der Waals surface area contributed by atoms with Gasteiger partial charge in [-0.05, 0) is 19.1 Å². The van der Waals surface area contributed by atoms with Crippen molar-refractivity contribution in [3.63, 3.8) is 0 Å². The van der Waals surface area contributed by atoms with Crippen molar-refractivity contribution >= 4 is 21.8 Å². The summed E-state index contributed by atoms with van der Waals surface area (Å²) in [6.45, 7) is 1.74. The van der Waals surface area contributed by atoms with Crippen molar-refractivity contribution in [3.8, 4) is 5.75 Å². The summed E-state index contributed by atoms with van der Waals surface area (Å²) in [5.41, 5.74) is 0.962. The second-order valence-corrected chi connectivity index (χ2v) is 3.50. The van der Waals surface area contributed by atoms with Crippen LogP contribution in [-0.4, -0.2) is 18.1 Å². The Kier molecular flexibility index (Phi) is 2.93. The molecule has 4 heteroatoms. The number of phenolic OH excluding ortho intramolecular Hbond substituents is 1. The van der Waals surface area contributed by atoms with E-state index in [1.165, 1.54) is 7.05 Å². The van der Waals surface area contributed by atoms with Crippen LogP contribution in [0.5, 0.6) is 5.75 Å². The zero-order chi connectivity index (χ0) is 10.0. The fraction of sp³-hybridized carbons (Fsp3) is 0.222. The number of aromatic hydroxyl groups is 1. The van der Waals surface area contributed by atoms with Gasteiger partial charge in [0, 0.05) is 17.1 Å². The SMILES string of the molecule is CNC(=O)c1ccc(Br)c(C)c1O. The Bertz CT molecular complexity index is 350. The van der Waals surface area contributed by atoms with Gasteiger partial charge in [-0.25, -0.2) is 0 Å². The van der Waals surface area contributed by atoms with Gasteiger partial charge in [-0.3, -0.25) is 4.79 Å². The molecular weight excluding hydrogens is 234 g/mol. The van der Waals surface area contributed by atoms with Crippen LogP contribution in [0.4, 0.5) is 0 Å². The second-order valence-electron chi connectivity index (χ2n) is 2.65. The van der Waals surface area contributed by atoms with E-state index >= 15 is 0 Å². The number of rotatable bonds is 1. The van der Waals surface area contributed by atoms with Gasteiger partial charge in [-0.1, -0.05) is 15.9 Å². The molecular formula is C9H10BrNO2. The minimum atomic E-state index is -0.284. The van der Waals surface area contributed by atoms with Gasteiger partial charge >= 0.3 is 0 Å². The Labute approximate surface area is 84.9 Å². The smallest absolute Gasteiger partial charge is 0.254 e. The quantitative estimate of drug-likeness (QED) is 0.791. The molecule has 13 heavy (non-hydrogen) atoms. The lowest BCUT2D eigenvalue weighted by molar-refractivity contribution is 0.0960. The number of hydrogen-bond donors (Lipinski definition) is 2. The van der Waals surface area contributed by atoms with E-state index in [1.807, 2.05) is 0 Å². The van der Waals surface area contributed by atoms with Gasteiger partial charge in [0.25, 0.3) is 5.91 Å². The summed E-state index contributed by atoms with van der Waals surface area (Å²) in [6, 6.07) is 3.31. The number of phenols is 1. The monoisotopic (exact) mass is 243 g/mol. The van der Waals surface area contributed by atoms with Crippen molar-refractivity contribution in [2.45, 2.75) is 6.92 Å². The Morgan fingerprint density at radius 2 is 2.15 bits per heavy atom. The number of carbonyl (C=O) groups is 1. The van der Waals surface area contributed by atoms with Gasteiger partial charge in [0.2, 0.25) is 0 Å². The first-order chi connectivity index (χ1) is 6.07. The minimum absolute atomic E-state index is 0.0220. The number of nitrogens with one attached hydrogen (secondary N) is 1. The molecule has 1 aromatic carbocycles. The molecule has 1 amide bonds. The van der Waals surface area contributed by atoms with E-state index < -0.39 is 0 Å². The molecule has 1 rings (SSSR count). The highest BCUT2D eigenvalue weighted by Crippen LogP contribution is 2.28. The van der Waals surface area contributed by atoms with E-state index in [1.54, 1.807) is 19.1 Å². The zero-order valence-corrected chi connectivity index (χ0v) is 8.97. The van der Waals surface area contributed by atoms with Gasteiger partial charge < -0.3 is 10.4 Å². The van der Waals surface area contributed by atoms with E-state index in [-0.39, 0.29) is 11.7 Å². The fourth-order valence-electron chi connectivity index (χ4n) is 0.993. The Morgan fingerprint density at radius 1 is 1.54 bits per heavy atom. The van der Waals surface area contributed by atoms with Crippen molar-refractivity contribution < 1.29 is 9.90 Å². The fourth-order valence-corrected chi connectivity index (χ4v) is 1.31. The molecule has 70 valence electrons. The van der Waals surface area contributed by atoms with Crippen LogP contribution < -0.4 is 5.32 Å². The molecule has 0 aliphatic heterocycles. The molecule has 0 aliphatic carbocycles. The number of hydrogen-bond acceptors (Lipinski definition) is 2. The van der Waals surface area contributed by atoms with Crippen molar-refractivity contribution in [3.05, 3.63) is 27.7 Å². The van der Waals surface area contributed by atoms with Crippen molar-refractivity contribution in [1.29, 1.82) is 0 Å². The van der Waals surface area contributed by atoms with Crippen molar-refractivity contribution in [2.24, 2.45) is 0 Å². The minimum Gasteiger partial charge on any atom is -0.507 e. The lowest BCUT2D eigenvalue weighted by Crippen LogP contribution is -2.18. The summed E-state index contributed by atoms with van der Waals surface area (Å²) < 4.78 is 0.789. The largest absolute Gasteiger partial charge is 0.507 e. The third-order valence-corrected chi connectivity index (χ3v) is 2.70. The third kappa shape index (κ3) is 1.83. The zero-order valence-electron chi connectivity index (χ0n) is 7.39. The Balaban J connectivity index is 3.26. The van der Waals surface area contributed by atoms with E-state index in [2.05, 4.69) is 21.2 Å². The number of benzene rings is 1. The molecule has 0 bridgehead atoms. The summed E-state index contributed by atoms with van der Waals surface area (Å²) in [5.74, 6) is -0.262. The van der Waals surface area contributed by atoms with E-state index in [4.69, 9.17) is 0 Å². The lowest BCUT2D eigenvalue weighted by Gasteiger charge is -2.06. The van der Waals surface area contributed by atoms with Crippen LogP contribution in [0.1, 0.15) is 15.9 Å². The average Bonchev–Trinajstić information content (AvgIpc) is 2.13. The summed E-state index contributed by atoms with van der Waals surface area (Å²) in [7, 11) is 1.53. The van der Waals surface area contributed by atoms with E-state index in [0.717, 1.165) is 4.47 Å².